The van der Waals surface area contributed by atoms with Crippen LogP contribution in [-0.2, 0) is 4.74 Å². The third kappa shape index (κ3) is 5.45. The topological polar surface area (TPSA) is 96.5 Å². The molecule has 2 amide bonds. The molecule has 0 radical (unpaired) electrons. The Morgan fingerprint density at radius 2 is 2.04 bits per heavy atom. The number of amides is 2. The molecule has 9 heteroatoms. The number of nitrogens with one attached hydrogen (secondary N) is 2. The Morgan fingerprint density at radius 1 is 1.36 bits per heavy atom. The Morgan fingerprint density at radius 3 is 2.64 bits per heavy atom. The quantitative estimate of drug-likeness (QED) is 0.825. The molecule has 8 nitrogen and oxygen atoms in total. The van der Waals surface area contributed by atoms with Crippen LogP contribution in [0.1, 0.15) is 37.7 Å². The maximum Gasteiger partial charge on any atom is 0.410 e. The highest BCUT2D eigenvalue weighted by Crippen LogP contribution is 2.23. The van der Waals surface area contributed by atoms with Crippen molar-refractivity contribution >= 4 is 29.3 Å². The molecule has 1 aliphatic rings. The fourth-order valence-electron chi connectivity index (χ4n) is 2.43. The predicted octanol–water partition coefficient (Wildman–Crippen LogP) is 2.16. The molecule has 2 N–H and O–H groups in total. The number of carbonyl (C=O) groups excluding carboxylic acids is 2. The molecule has 1 saturated heterocycles. The number of aromatic nitrogens is 2. The maximum absolute atomic E-state index is 11.9. The molecule has 0 aromatic carbocycles. The van der Waals surface area contributed by atoms with Crippen LogP contribution in [0.25, 0.3) is 0 Å². The summed E-state index contributed by atoms with van der Waals surface area (Å²) in [5, 5.41) is 13.4. The molecule has 2 heterocycles. The van der Waals surface area contributed by atoms with E-state index in [9.17, 15) is 9.59 Å². The second kappa shape index (κ2) is 7.86. The van der Waals surface area contributed by atoms with Crippen LogP contribution in [0.15, 0.2) is 6.07 Å². The summed E-state index contributed by atoms with van der Waals surface area (Å²) >= 11 is 5.85. The molecule has 0 spiro atoms. The Bertz CT molecular complexity index is 641. The lowest BCUT2D eigenvalue weighted by atomic mass is 9.97. The van der Waals surface area contributed by atoms with Crippen molar-refractivity contribution in [2.24, 2.45) is 5.92 Å². The number of rotatable bonds is 5. The molecule has 1 aromatic rings. The van der Waals surface area contributed by atoms with E-state index in [1.165, 1.54) is 7.05 Å². The number of anilines is 1. The third-order valence-electron chi connectivity index (χ3n) is 3.68. The molecule has 25 heavy (non-hydrogen) atoms. The van der Waals surface area contributed by atoms with Gasteiger partial charge in [0, 0.05) is 32.7 Å². The molecule has 0 aliphatic carbocycles. The molecule has 1 aliphatic heterocycles. The zero-order valence-electron chi connectivity index (χ0n) is 14.9. The summed E-state index contributed by atoms with van der Waals surface area (Å²) in [5.41, 5.74) is 0.270. The Kier molecular flexibility index (Phi) is 6.05. The molecule has 2 rings (SSSR count). The van der Waals surface area contributed by atoms with Crippen molar-refractivity contribution in [2.75, 3.05) is 32.0 Å². The smallest absolute Gasteiger partial charge is 0.410 e. The predicted molar refractivity (Wildman–Crippen MR) is 94.8 cm³/mol. The molecule has 0 atom stereocenters. The average molecular weight is 370 g/mol. The first-order valence-corrected chi connectivity index (χ1v) is 8.54. The summed E-state index contributed by atoms with van der Waals surface area (Å²) in [5.74, 6) is 0.0696. The van der Waals surface area contributed by atoms with Crippen molar-refractivity contribution < 1.29 is 14.3 Å². The van der Waals surface area contributed by atoms with Crippen LogP contribution in [0, 0.1) is 5.92 Å². The van der Waals surface area contributed by atoms with E-state index in [2.05, 4.69) is 20.8 Å². The number of ether oxygens (including phenoxy) is 1. The minimum atomic E-state index is -0.479. The van der Waals surface area contributed by atoms with Gasteiger partial charge in [0.05, 0.1) is 5.69 Å². The number of nitrogens with zero attached hydrogens (tertiary/aromatic N) is 3. The Labute approximate surface area is 152 Å². The summed E-state index contributed by atoms with van der Waals surface area (Å²) in [6, 6.07) is 1.58. The van der Waals surface area contributed by atoms with Gasteiger partial charge in [0.1, 0.15) is 5.60 Å². The summed E-state index contributed by atoms with van der Waals surface area (Å²) in [6.45, 7) is 7.54. The molecule has 1 aromatic heterocycles. The second-order valence-electron chi connectivity index (χ2n) is 6.98. The van der Waals surface area contributed by atoms with Crippen LogP contribution in [0.2, 0.25) is 5.15 Å². The number of hydrogen-bond donors (Lipinski definition) is 2. The van der Waals surface area contributed by atoms with Gasteiger partial charge in [0.25, 0.3) is 5.91 Å². The Hall–Kier alpha value is -2.09. The van der Waals surface area contributed by atoms with E-state index in [1.54, 1.807) is 11.0 Å². The fourth-order valence-corrected chi connectivity index (χ4v) is 2.57. The molecule has 138 valence electrons. The van der Waals surface area contributed by atoms with Crippen molar-refractivity contribution in [2.45, 2.75) is 32.8 Å². The second-order valence-corrected chi connectivity index (χ2v) is 7.36. The highest BCUT2D eigenvalue weighted by Gasteiger charge is 2.33. The zero-order valence-corrected chi connectivity index (χ0v) is 15.7. The lowest BCUT2D eigenvalue weighted by Crippen LogP contribution is -2.51. The van der Waals surface area contributed by atoms with E-state index >= 15 is 0 Å². The molecular weight excluding hydrogens is 346 g/mol. The molecule has 1 fully saturated rings. The van der Waals surface area contributed by atoms with Gasteiger partial charge < -0.3 is 20.3 Å². The van der Waals surface area contributed by atoms with E-state index in [0.29, 0.717) is 31.2 Å². The van der Waals surface area contributed by atoms with Crippen LogP contribution >= 0.6 is 11.6 Å². The monoisotopic (exact) mass is 369 g/mol. The molecule has 0 bridgehead atoms. The van der Waals surface area contributed by atoms with E-state index in [-0.39, 0.29) is 22.8 Å². The fraction of sp³-hybridized carbons (Fsp3) is 0.625. The van der Waals surface area contributed by atoms with Crippen LogP contribution in [-0.4, -0.2) is 59.4 Å². The number of hydrogen-bond acceptors (Lipinski definition) is 6. The van der Waals surface area contributed by atoms with Gasteiger partial charge >= 0.3 is 6.09 Å². The van der Waals surface area contributed by atoms with Crippen LogP contribution in [0.4, 0.5) is 10.5 Å². The summed E-state index contributed by atoms with van der Waals surface area (Å²) in [7, 11) is 1.53. The van der Waals surface area contributed by atoms with Gasteiger partial charge in [-0.1, -0.05) is 11.6 Å². The van der Waals surface area contributed by atoms with Gasteiger partial charge in [-0.2, -0.15) is 0 Å². The SMILES string of the molecule is CNC(=O)c1nnc(Cl)cc1NCCC1CN(C(=O)OC(C)(C)C)C1. The van der Waals surface area contributed by atoms with Gasteiger partial charge in [-0.15, -0.1) is 10.2 Å². The molecular formula is C16H24ClN5O3. The lowest BCUT2D eigenvalue weighted by molar-refractivity contribution is -0.00161. The van der Waals surface area contributed by atoms with Gasteiger partial charge in [-0.3, -0.25) is 4.79 Å². The summed E-state index contributed by atoms with van der Waals surface area (Å²) in [6.07, 6.45) is 0.579. The van der Waals surface area contributed by atoms with E-state index in [1.807, 2.05) is 20.8 Å². The highest BCUT2D eigenvalue weighted by molar-refractivity contribution is 6.29. The molecule has 0 unspecified atom stereocenters. The van der Waals surface area contributed by atoms with Crippen molar-refractivity contribution in [1.82, 2.24) is 20.4 Å². The van der Waals surface area contributed by atoms with Crippen molar-refractivity contribution in [3.63, 3.8) is 0 Å². The van der Waals surface area contributed by atoms with Crippen LogP contribution in [0.3, 0.4) is 0 Å². The lowest BCUT2D eigenvalue weighted by Gasteiger charge is -2.39. The van der Waals surface area contributed by atoms with Crippen molar-refractivity contribution in [1.29, 1.82) is 0 Å². The average Bonchev–Trinajstić information content (AvgIpc) is 2.47. The first kappa shape index (κ1) is 19.2. The minimum absolute atomic E-state index is 0.205. The first-order valence-electron chi connectivity index (χ1n) is 8.16. The highest BCUT2D eigenvalue weighted by atomic mass is 35.5. The summed E-state index contributed by atoms with van der Waals surface area (Å²) < 4.78 is 5.33. The first-order chi connectivity index (χ1) is 11.7. The van der Waals surface area contributed by atoms with Gasteiger partial charge in [0.2, 0.25) is 0 Å². The van der Waals surface area contributed by atoms with E-state index < -0.39 is 5.60 Å². The largest absolute Gasteiger partial charge is 0.444 e. The zero-order chi connectivity index (χ0) is 18.6. The van der Waals surface area contributed by atoms with Gasteiger partial charge in [0.15, 0.2) is 10.8 Å². The van der Waals surface area contributed by atoms with Crippen LogP contribution < -0.4 is 10.6 Å². The number of likely N-dealkylation sites (tertiary alicyclic amines) is 1. The summed E-state index contributed by atoms with van der Waals surface area (Å²) in [4.78, 5) is 25.4. The van der Waals surface area contributed by atoms with Gasteiger partial charge in [-0.25, -0.2) is 4.79 Å². The Balaban J connectivity index is 1.79. The normalized spacial score (nSPS) is 14.7. The van der Waals surface area contributed by atoms with Crippen LogP contribution in [0.5, 0.6) is 0 Å². The molecule has 0 saturated carbocycles. The van der Waals surface area contributed by atoms with Gasteiger partial charge in [-0.05, 0) is 33.1 Å². The van der Waals surface area contributed by atoms with Crippen molar-refractivity contribution in [3.8, 4) is 0 Å². The number of halogens is 1. The van der Waals surface area contributed by atoms with E-state index in [0.717, 1.165) is 6.42 Å². The van der Waals surface area contributed by atoms with Crippen molar-refractivity contribution in [3.05, 3.63) is 16.9 Å². The van der Waals surface area contributed by atoms with E-state index in [4.69, 9.17) is 16.3 Å². The maximum atomic E-state index is 11.9. The minimum Gasteiger partial charge on any atom is -0.444 e. The third-order valence-corrected chi connectivity index (χ3v) is 3.87. The number of carbonyl (C=O) groups is 2. The standard InChI is InChI=1S/C16H24ClN5O3/c1-16(2,3)25-15(24)22-8-10(9-22)5-6-19-11-7-12(17)20-21-13(11)14(23)18-4/h7,10H,5-6,8-9H2,1-4H3,(H,18,23)(H,19,20).